The maximum atomic E-state index is 11.7. The number of para-hydroxylation sites is 2. The van der Waals surface area contributed by atoms with Gasteiger partial charge in [0.1, 0.15) is 5.69 Å². The lowest BCUT2D eigenvalue weighted by Crippen LogP contribution is -2.27. The van der Waals surface area contributed by atoms with Crippen molar-refractivity contribution in [2.24, 2.45) is 5.14 Å². The molecule has 1 heterocycles. The number of nitrogens with zero attached hydrogens (tertiary/aromatic N) is 2. The van der Waals surface area contributed by atoms with Gasteiger partial charge in [0.2, 0.25) is 10.0 Å². The third-order valence-electron chi connectivity index (χ3n) is 4.14. The number of nitro groups is 1. The molecule has 0 radical (unpaired) electrons. The molecule has 1 aliphatic rings. The van der Waals surface area contributed by atoms with E-state index in [1.54, 1.807) is 6.07 Å². The van der Waals surface area contributed by atoms with Gasteiger partial charge in [0.25, 0.3) is 0 Å². The Labute approximate surface area is 145 Å². The van der Waals surface area contributed by atoms with Crippen molar-refractivity contribution in [2.75, 3.05) is 23.3 Å². The Balaban J connectivity index is 1.87. The molecule has 2 aromatic rings. The molecule has 0 spiro atoms. The number of sulfonamides is 1. The summed E-state index contributed by atoms with van der Waals surface area (Å²) < 4.78 is 23.3. The Morgan fingerprint density at radius 2 is 1.88 bits per heavy atom. The molecular weight excluding hydrogens is 344 g/mol. The second-order valence-electron chi connectivity index (χ2n) is 5.87. The number of primary sulfonamides is 1. The lowest BCUT2D eigenvalue weighted by atomic mass is 10.2. The molecule has 0 saturated carbocycles. The first-order chi connectivity index (χ1) is 11.9. The number of anilines is 2. The topological polar surface area (TPSA) is 119 Å². The average molecular weight is 362 g/mol. The molecule has 1 fully saturated rings. The number of nitrogens with two attached hydrogens (primary N) is 1. The van der Waals surface area contributed by atoms with Crippen molar-refractivity contribution in [3.05, 3.63) is 58.6 Å². The highest BCUT2D eigenvalue weighted by molar-refractivity contribution is 7.89. The van der Waals surface area contributed by atoms with Crippen LogP contribution in [0.4, 0.5) is 17.1 Å². The fourth-order valence-electron chi connectivity index (χ4n) is 3.05. The minimum atomic E-state index is -4.18. The molecule has 9 heteroatoms. The summed E-state index contributed by atoms with van der Waals surface area (Å²) in [4.78, 5) is 12.1. The van der Waals surface area contributed by atoms with E-state index < -0.39 is 25.5 Å². The summed E-state index contributed by atoms with van der Waals surface area (Å²) in [6.45, 7) is 1.11. The lowest BCUT2D eigenvalue weighted by molar-refractivity contribution is -0.387. The Hall–Kier alpha value is -2.65. The van der Waals surface area contributed by atoms with Crippen LogP contribution in [-0.4, -0.2) is 32.5 Å². The molecule has 25 heavy (non-hydrogen) atoms. The summed E-state index contributed by atoms with van der Waals surface area (Å²) in [6.07, 6.45) is 0.783. The highest BCUT2D eigenvalue weighted by atomic mass is 32.2. The second kappa shape index (κ2) is 6.69. The van der Waals surface area contributed by atoms with Gasteiger partial charge in [-0.1, -0.05) is 24.3 Å². The van der Waals surface area contributed by atoms with Gasteiger partial charge in [-0.15, -0.1) is 0 Å². The molecular formula is C16H18N4O4S. The largest absolute Gasteiger partial charge is 0.380 e. The number of nitrogens with one attached hydrogen (secondary N) is 1. The summed E-state index contributed by atoms with van der Waals surface area (Å²) >= 11 is 0. The molecule has 3 N–H and O–H groups in total. The lowest BCUT2D eigenvalue weighted by Gasteiger charge is -2.20. The molecule has 8 nitrogen and oxygen atoms in total. The minimum Gasteiger partial charge on any atom is -0.380 e. The third kappa shape index (κ3) is 3.72. The van der Waals surface area contributed by atoms with E-state index in [9.17, 15) is 18.5 Å². The van der Waals surface area contributed by atoms with Gasteiger partial charge in [0, 0.05) is 24.8 Å². The molecule has 2 aromatic carbocycles. The van der Waals surface area contributed by atoms with Gasteiger partial charge in [-0.25, -0.2) is 13.6 Å². The first-order valence-electron chi connectivity index (χ1n) is 7.73. The van der Waals surface area contributed by atoms with Gasteiger partial charge in [-0.3, -0.25) is 10.1 Å². The van der Waals surface area contributed by atoms with E-state index in [0.717, 1.165) is 18.2 Å². The van der Waals surface area contributed by atoms with E-state index >= 15 is 0 Å². The number of rotatable bonds is 5. The van der Waals surface area contributed by atoms with Crippen molar-refractivity contribution in [2.45, 2.75) is 17.4 Å². The highest BCUT2D eigenvalue weighted by Crippen LogP contribution is 2.36. The quantitative estimate of drug-likeness (QED) is 0.620. The number of hydrogen-bond donors (Lipinski definition) is 2. The number of hydrogen-bond acceptors (Lipinski definition) is 6. The molecule has 1 aliphatic heterocycles. The second-order valence-corrected chi connectivity index (χ2v) is 7.40. The van der Waals surface area contributed by atoms with Crippen LogP contribution in [0.1, 0.15) is 6.42 Å². The van der Waals surface area contributed by atoms with Crippen LogP contribution in [0.2, 0.25) is 0 Å². The van der Waals surface area contributed by atoms with Gasteiger partial charge in [-0.2, -0.15) is 0 Å². The summed E-state index contributed by atoms with van der Waals surface area (Å²) in [5, 5.41) is 20.0. The molecule has 1 atom stereocenters. The van der Waals surface area contributed by atoms with Crippen molar-refractivity contribution in [3.8, 4) is 0 Å². The normalized spacial score (nSPS) is 17.5. The van der Waals surface area contributed by atoms with Crippen LogP contribution in [0.3, 0.4) is 0 Å². The van der Waals surface area contributed by atoms with Crippen LogP contribution in [0.25, 0.3) is 0 Å². The van der Waals surface area contributed by atoms with Crippen molar-refractivity contribution in [1.29, 1.82) is 0 Å². The molecule has 0 amide bonds. The first kappa shape index (κ1) is 17.2. The molecule has 1 saturated heterocycles. The molecule has 1 unspecified atom stereocenters. The van der Waals surface area contributed by atoms with Crippen LogP contribution in [0.5, 0.6) is 0 Å². The fourth-order valence-corrected chi connectivity index (χ4v) is 3.76. The fraction of sp³-hybridized carbons (Fsp3) is 0.250. The van der Waals surface area contributed by atoms with Gasteiger partial charge < -0.3 is 10.2 Å². The maximum absolute atomic E-state index is 11.7. The zero-order chi connectivity index (χ0) is 18.0. The van der Waals surface area contributed by atoms with Gasteiger partial charge >= 0.3 is 5.69 Å². The minimum absolute atomic E-state index is 0.111. The van der Waals surface area contributed by atoms with Gasteiger partial charge in [0.05, 0.1) is 4.92 Å². The standard InChI is InChI=1S/C16H18N4O4S/c17-25(23,24)15-8-4-7-14(16(15)20(21)22)19-10-9-13(11-19)18-12-5-2-1-3-6-12/h1-8,13,18H,9-11H2,(H2,17,23,24). The Kier molecular flexibility index (Phi) is 4.60. The Morgan fingerprint density at radius 1 is 1.16 bits per heavy atom. The van der Waals surface area contributed by atoms with E-state index in [0.29, 0.717) is 13.1 Å². The van der Waals surface area contributed by atoms with Crippen molar-refractivity contribution < 1.29 is 13.3 Å². The van der Waals surface area contributed by atoms with E-state index in [4.69, 9.17) is 5.14 Å². The summed E-state index contributed by atoms with van der Waals surface area (Å²) in [5.74, 6) is 0. The van der Waals surface area contributed by atoms with Crippen LogP contribution in [0.15, 0.2) is 53.4 Å². The van der Waals surface area contributed by atoms with E-state index in [1.165, 1.54) is 6.07 Å². The summed E-state index contributed by atoms with van der Waals surface area (Å²) in [5.41, 5.74) is 0.779. The summed E-state index contributed by atoms with van der Waals surface area (Å²) in [6, 6.07) is 14.0. The first-order valence-corrected chi connectivity index (χ1v) is 9.27. The molecule has 0 bridgehead atoms. The highest BCUT2D eigenvalue weighted by Gasteiger charge is 2.32. The molecule has 0 aromatic heterocycles. The van der Waals surface area contributed by atoms with Crippen LogP contribution in [-0.2, 0) is 10.0 Å². The number of benzene rings is 2. The van der Waals surface area contributed by atoms with Crippen LogP contribution in [0, 0.1) is 10.1 Å². The zero-order valence-corrected chi connectivity index (χ0v) is 14.1. The van der Waals surface area contributed by atoms with Crippen LogP contribution < -0.4 is 15.4 Å². The third-order valence-corrected chi connectivity index (χ3v) is 5.08. The summed E-state index contributed by atoms with van der Waals surface area (Å²) in [7, 11) is -4.18. The smallest absolute Gasteiger partial charge is 0.312 e. The maximum Gasteiger partial charge on any atom is 0.312 e. The predicted molar refractivity (Wildman–Crippen MR) is 95.2 cm³/mol. The average Bonchev–Trinajstić information content (AvgIpc) is 3.02. The van der Waals surface area contributed by atoms with E-state index in [-0.39, 0.29) is 11.7 Å². The Bertz CT molecular complexity index is 886. The zero-order valence-electron chi connectivity index (χ0n) is 13.3. The monoisotopic (exact) mass is 362 g/mol. The van der Waals surface area contributed by atoms with Crippen LogP contribution >= 0.6 is 0 Å². The van der Waals surface area contributed by atoms with E-state index in [1.807, 2.05) is 35.2 Å². The van der Waals surface area contributed by atoms with Gasteiger partial charge in [0.15, 0.2) is 4.90 Å². The van der Waals surface area contributed by atoms with Crippen molar-refractivity contribution >= 4 is 27.1 Å². The number of nitro benzene ring substituents is 1. The SMILES string of the molecule is NS(=O)(=O)c1cccc(N2CCC(Nc3ccccc3)C2)c1[N+](=O)[O-]. The molecule has 3 rings (SSSR count). The van der Waals surface area contributed by atoms with E-state index in [2.05, 4.69) is 5.32 Å². The molecule has 0 aliphatic carbocycles. The van der Waals surface area contributed by atoms with Gasteiger partial charge in [-0.05, 0) is 30.7 Å². The Morgan fingerprint density at radius 3 is 2.52 bits per heavy atom. The van der Waals surface area contributed by atoms with Crippen molar-refractivity contribution in [1.82, 2.24) is 0 Å². The predicted octanol–water partition coefficient (Wildman–Crippen LogP) is 1.93. The van der Waals surface area contributed by atoms with Crippen molar-refractivity contribution in [3.63, 3.8) is 0 Å². The molecule has 132 valence electrons.